The van der Waals surface area contributed by atoms with Crippen LogP contribution in [0.1, 0.15) is 11.4 Å². The molecule has 1 heterocycles. The zero-order valence-electron chi connectivity index (χ0n) is 8.93. The highest BCUT2D eigenvalue weighted by Gasteiger charge is 2.38. The molecular weight excluding hydrogens is 233 g/mol. The Morgan fingerprint density at radius 1 is 1.41 bits per heavy atom. The van der Waals surface area contributed by atoms with E-state index < -0.39 is 18.4 Å². The molecule has 0 atom stereocenters. The van der Waals surface area contributed by atoms with Crippen LogP contribution in [-0.4, -0.2) is 21.9 Å². The van der Waals surface area contributed by atoms with Crippen molar-refractivity contribution in [2.75, 3.05) is 0 Å². The molecule has 0 radical (unpaired) electrons. The molecule has 1 N–H and O–H groups in total. The lowest BCUT2D eigenvalue weighted by Gasteiger charge is -2.01. The summed E-state index contributed by atoms with van der Waals surface area (Å²) in [6.07, 6.45) is -5.56. The van der Waals surface area contributed by atoms with Gasteiger partial charge in [0.1, 0.15) is 5.82 Å². The molecule has 0 amide bonds. The number of imidazole rings is 1. The van der Waals surface area contributed by atoms with E-state index in [1.54, 1.807) is 18.2 Å². The number of fused-ring (bicyclic) bond motifs is 1. The van der Waals surface area contributed by atoms with Gasteiger partial charge in [-0.1, -0.05) is 6.07 Å². The van der Waals surface area contributed by atoms with Gasteiger partial charge in [-0.15, -0.1) is 0 Å². The van der Waals surface area contributed by atoms with Crippen LogP contribution < -0.4 is 0 Å². The average Bonchev–Trinajstić information content (AvgIpc) is 2.57. The fourth-order valence-corrected chi connectivity index (χ4v) is 1.51. The number of nitrogens with one attached hydrogen (secondary N) is 1. The van der Waals surface area contributed by atoms with Crippen molar-refractivity contribution in [2.45, 2.75) is 19.5 Å². The maximum atomic E-state index is 12.1. The third kappa shape index (κ3) is 2.46. The number of rotatable bonds is 2. The molecule has 3 nitrogen and oxygen atoms in total. The summed E-state index contributed by atoms with van der Waals surface area (Å²) in [6, 6.07) is 5.27. The summed E-state index contributed by atoms with van der Waals surface area (Å²) in [5.41, 5.74) is 2.16. The topological polar surface area (TPSA) is 45.8 Å². The fraction of sp³-hybridized carbons (Fsp3) is 0.273. The Kier molecular flexibility index (Phi) is 2.65. The second kappa shape index (κ2) is 3.87. The Hall–Kier alpha value is -1.85. The van der Waals surface area contributed by atoms with E-state index in [4.69, 9.17) is 0 Å². The molecule has 0 fully saturated rings. The first-order valence-electron chi connectivity index (χ1n) is 4.91. The molecule has 6 heteroatoms. The molecule has 0 aliphatic carbocycles. The molecule has 2 rings (SSSR count). The minimum atomic E-state index is -4.81. The number of carbonyl (C=O) groups is 1. The van der Waals surface area contributed by atoms with E-state index in [2.05, 4.69) is 9.97 Å². The first kappa shape index (κ1) is 11.6. The van der Waals surface area contributed by atoms with Gasteiger partial charge in [-0.2, -0.15) is 13.2 Å². The number of hydrogen-bond donors (Lipinski definition) is 1. The van der Waals surface area contributed by atoms with Gasteiger partial charge in [-0.3, -0.25) is 4.79 Å². The van der Waals surface area contributed by atoms with Gasteiger partial charge in [-0.25, -0.2) is 4.98 Å². The van der Waals surface area contributed by atoms with Gasteiger partial charge in [0, 0.05) is 0 Å². The van der Waals surface area contributed by atoms with Crippen molar-refractivity contribution in [2.24, 2.45) is 0 Å². The standard InChI is InChI=1S/C11H9F3N2O/c1-6-2-3-7-8(4-6)16-10(15-7)5-9(17)11(12,13)14/h2-4H,5H2,1H3,(H,15,16). The molecule has 0 aliphatic rings. The highest BCUT2D eigenvalue weighted by atomic mass is 19.4. The maximum absolute atomic E-state index is 12.1. The van der Waals surface area contributed by atoms with E-state index in [9.17, 15) is 18.0 Å². The smallest absolute Gasteiger partial charge is 0.342 e. The van der Waals surface area contributed by atoms with Crippen molar-refractivity contribution >= 4 is 16.8 Å². The lowest BCUT2D eigenvalue weighted by molar-refractivity contribution is -0.170. The Morgan fingerprint density at radius 2 is 2.12 bits per heavy atom. The third-order valence-electron chi connectivity index (χ3n) is 2.33. The number of halogens is 3. The van der Waals surface area contributed by atoms with Gasteiger partial charge in [0.15, 0.2) is 0 Å². The third-order valence-corrected chi connectivity index (χ3v) is 2.33. The molecule has 90 valence electrons. The van der Waals surface area contributed by atoms with Crippen LogP contribution in [0.4, 0.5) is 13.2 Å². The molecule has 0 unspecified atom stereocenters. The number of nitrogens with zero attached hydrogens (tertiary/aromatic N) is 1. The Morgan fingerprint density at radius 3 is 2.76 bits per heavy atom. The molecule has 2 aromatic rings. The minimum Gasteiger partial charge on any atom is -0.342 e. The van der Waals surface area contributed by atoms with E-state index in [1.165, 1.54) is 0 Å². The van der Waals surface area contributed by atoms with Crippen molar-refractivity contribution in [1.29, 1.82) is 0 Å². The normalized spacial score (nSPS) is 12.0. The number of aromatic amines is 1. The van der Waals surface area contributed by atoms with E-state index in [0.717, 1.165) is 5.56 Å². The summed E-state index contributed by atoms with van der Waals surface area (Å²) in [4.78, 5) is 17.4. The van der Waals surface area contributed by atoms with Gasteiger partial charge in [0.2, 0.25) is 5.78 Å². The van der Waals surface area contributed by atoms with E-state index in [1.807, 2.05) is 6.92 Å². The van der Waals surface area contributed by atoms with Crippen LogP contribution in [0.25, 0.3) is 11.0 Å². The summed E-state index contributed by atoms with van der Waals surface area (Å²) in [5.74, 6) is -1.76. The van der Waals surface area contributed by atoms with Crippen LogP contribution in [0.3, 0.4) is 0 Å². The number of ketones is 1. The van der Waals surface area contributed by atoms with Crippen LogP contribution in [0.2, 0.25) is 0 Å². The number of hydrogen-bond acceptors (Lipinski definition) is 2. The van der Waals surface area contributed by atoms with Gasteiger partial charge in [0.05, 0.1) is 17.5 Å². The van der Waals surface area contributed by atoms with Crippen molar-refractivity contribution in [3.8, 4) is 0 Å². The first-order chi connectivity index (χ1) is 7.86. The number of alkyl halides is 3. The molecule has 17 heavy (non-hydrogen) atoms. The minimum absolute atomic E-state index is 0.0351. The Labute approximate surface area is 94.7 Å². The number of aryl methyl sites for hydroxylation is 1. The zero-order valence-corrected chi connectivity index (χ0v) is 8.93. The summed E-state index contributed by atoms with van der Waals surface area (Å²) in [5, 5.41) is 0. The van der Waals surface area contributed by atoms with Gasteiger partial charge < -0.3 is 4.98 Å². The fourth-order valence-electron chi connectivity index (χ4n) is 1.51. The van der Waals surface area contributed by atoms with E-state index >= 15 is 0 Å². The molecule has 0 spiro atoms. The Balaban J connectivity index is 2.29. The van der Waals surface area contributed by atoms with Crippen LogP contribution in [0.5, 0.6) is 0 Å². The van der Waals surface area contributed by atoms with Crippen LogP contribution in [0.15, 0.2) is 18.2 Å². The van der Waals surface area contributed by atoms with E-state index in [0.29, 0.717) is 11.0 Å². The predicted octanol–water partition coefficient (Wildman–Crippen LogP) is 2.55. The second-order valence-corrected chi connectivity index (χ2v) is 3.80. The molecule has 1 aromatic heterocycles. The lowest BCUT2D eigenvalue weighted by Crippen LogP contribution is -2.24. The van der Waals surface area contributed by atoms with Crippen LogP contribution >= 0.6 is 0 Å². The average molecular weight is 242 g/mol. The molecule has 1 aromatic carbocycles. The molecular formula is C11H9F3N2O. The molecule has 0 saturated carbocycles. The first-order valence-corrected chi connectivity index (χ1v) is 4.91. The number of Topliss-reactive ketones (excluding diaryl/α,β-unsaturated/α-hetero) is 1. The predicted molar refractivity (Wildman–Crippen MR) is 55.6 cm³/mol. The monoisotopic (exact) mass is 242 g/mol. The zero-order chi connectivity index (χ0) is 12.6. The van der Waals surface area contributed by atoms with Crippen molar-refractivity contribution < 1.29 is 18.0 Å². The lowest BCUT2D eigenvalue weighted by atomic mass is 10.2. The van der Waals surface area contributed by atoms with Crippen LogP contribution in [0, 0.1) is 6.92 Å². The van der Waals surface area contributed by atoms with Crippen molar-refractivity contribution in [3.05, 3.63) is 29.6 Å². The number of aromatic nitrogens is 2. The van der Waals surface area contributed by atoms with Crippen molar-refractivity contribution in [3.63, 3.8) is 0 Å². The molecule has 0 saturated heterocycles. The van der Waals surface area contributed by atoms with Gasteiger partial charge in [0.25, 0.3) is 0 Å². The van der Waals surface area contributed by atoms with E-state index in [-0.39, 0.29) is 5.82 Å². The molecule has 0 aliphatic heterocycles. The van der Waals surface area contributed by atoms with Crippen LogP contribution in [-0.2, 0) is 11.2 Å². The molecule has 0 bridgehead atoms. The summed E-state index contributed by atoms with van der Waals surface area (Å²) in [7, 11) is 0. The number of benzene rings is 1. The van der Waals surface area contributed by atoms with Gasteiger partial charge >= 0.3 is 6.18 Å². The highest BCUT2D eigenvalue weighted by Crippen LogP contribution is 2.19. The summed E-state index contributed by atoms with van der Waals surface area (Å²) >= 11 is 0. The number of H-pyrrole nitrogens is 1. The number of carbonyl (C=O) groups excluding carboxylic acids is 1. The summed E-state index contributed by atoms with van der Waals surface area (Å²) < 4.78 is 36.2. The highest BCUT2D eigenvalue weighted by molar-refractivity contribution is 5.86. The second-order valence-electron chi connectivity index (χ2n) is 3.80. The maximum Gasteiger partial charge on any atom is 0.450 e. The van der Waals surface area contributed by atoms with Gasteiger partial charge in [-0.05, 0) is 24.6 Å². The quantitative estimate of drug-likeness (QED) is 0.879. The largest absolute Gasteiger partial charge is 0.450 e. The summed E-state index contributed by atoms with van der Waals surface area (Å²) in [6.45, 7) is 1.86. The SMILES string of the molecule is Cc1ccc2nc(CC(=O)C(F)(F)F)[nH]c2c1. The Bertz CT molecular complexity index is 572. The van der Waals surface area contributed by atoms with Crippen molar-refractivity contribution in [1.82, 2.24) is 9.97 Å².